The van der Waals surface area contributed by atoms with Crippen molar-refractivity contribution >= 4 is 0 Å². The van der Waals surface area contributed by atoms with Crippen LogP contribution in [0.3, 0.4) is 0 Å². The molecular weight excluding hydrogens is 284 g/mol. The van der Waals surface area contributed by atoms with Gasteiger partial charge in [-0.05, 0) is 0 Å². The van der Waals surface area contributed by atoms with Crippen LogP contribution in [-0.4, -0.2) is 27.4 Å². The normalized spacial score (nSPS) is 0. The molecule has 0 aromatic carbocycles. The predicted molar refractivity (Wildman–Crippen MR) is 9.68 cm³/mol. The zero-order valence-electron chi connectivity index (χ0n) is 3.04. The topological polar surface area (TPSA) is 150 Å². The van der Waals surface area contributed by atoms with Gasteiger partial charge in [-0.3, -0.25) is 0 Å². The third kappa shape index (κ3) is 86.8. The molecule has 0 saturated heterocycles. The van der Waals surface area contributed by atoms with Crippen molar-refractivity contribution in [3.63, 3.8) is 0 Å². The molecule has 0 unspecified atom stereocenters. The van der Waals surface area contributed by atoms with Crippen molar-refractivity contribution in [2.75, 3.05) is 0 Å². The number of hydrogen-bond acceptors (Lipinski definition) is 5. The standard InChI is InChI=1S/Ce.Cu.5H2O/h;;5*1H2/q+3;+2;;;;;/p-5. The molecule has 0 amide bonds. The molecule has 0 rings (SSSR count). The third-order valence-corrected chi connectivity index (χ3v) is 0. The summed E-state index contributed by atoms with van der Waals surface area (Å²) in [4.78, 5) is 0. The van der Waals surface area contributed by atoms with Crippen molar-refractivity contribution in [2.45, 2.75) is 0 Å². The first-order valence-electron chi connectivity index (χ1n) is 0. The summed E-state index contributed by atoms with van der Waals surface area (Å²) in [6.45, 7) is 0. The predicted octanol–water partition coefficient (Wildman–Crippen LogP) is -0.886. The molecule has 7 heteroatoms. The Morgan fingerprint density at radius 3 is 0.429 bits per heavy atom. The monoisotopic (exact) mass is 288 g/mol. The first kappa shape index (κ1) is 179. The van der Waals surface area contributed by atoms with Gasteiger partial charge in [-0.2, -0.15) is 0 Å². The van der Waals surface area contributed by atoms with Crippen LogP contribution in [0, 0.1) is 41.7 Å². The molecule has 0 saturated carbocycles. The van der Waals surface area contributed by atoms with Gasteiger partial charge in [0.1, 0.15) is 0 Å². The molecule has 7 heavy (non-hydrogen) atoms. The first-order chi connectivity index (χ1) is 0. The van der Waals surface area contributed by atoms with Gasteiger partial charge in [0.15, 0.2) is 0 Å². The van der Waals surface area contributed by atoms with Gasteiger partial charge in [0.05, 0.1) is 0 Å². The summed E-state index contributed by atoms with van der Waals surface area (Å²) in [7, 11) is 0. The molecule has 0 atom stereocenters. The fraction of sp³-hybridized carbons (Fsp3) is 0. The Bertz CT molecular complexity index is 8.04. The van der Waals surface area contributed by atoms with Crippen LogP contribution in [0.15, 0.2) is 0 Å². The largest absolute Gasteiger partial charge is 3.00 e. The van der Waals surface area contributed by atoms with Gasteiger partial charge in [0, 0.05) is 0 Å². The maximum absolute atomic E-state index is 0. The molecule has 0 fully saturated rings. The van der Waals surface area contributed by atoms with Crippen LogP contribution < -0.4 is 0 Å². The molecule has 0 heterocycles. The Morgan fingerprint density at radius 1 is 0.429 bits per heavy atom. The molecule has 0 aromatic heterocycles. The van der Waals surface area contributed by atoms with Gasteiger partial charge in [-0.25, -0.2) is 0 Å². The molecule has 2 radical (unpaired) electrons. The van der Waals surface area contributed by atoms with Gasteiger partial charge >= 0.3 is 58.8 Å². The van der Waals surface area contributed by atoms with E-state index < -0.39 is 0 Å². The Hall–Kier alpha value is 1.70. The average Bonchev–Trinajstić information content (AvgIpc) is 0. The summed E-state index contributed by atoms with van der Waals surface area (Å²) in [6.07, 6.45) is 0. The fourth-order valence-electron chi connectivity index (χ4n) is 0. The summed E-state index contributed by atoms with van der Waals surface area (Å²) in [6, 6.07) is 0. The fourth-order valence-corrected chi connectivity index (χ4v) is 0. The summed E-state index contributed by atoms with van der Waals surface area (Å²) in [5.74, 6) is 0. The number of hydrogen-bond donors (Lipinski definition) is 0. The van der Waals surface area contributed by atoms with Gasteiger partial charge < -0.3 is 27.4 Å². The van der Waals surface area contributed by atoms with E-state index in [2.05, 4.69) is 0 Å². The van der Waals surface area contributed by atoms with Crippen LogP contribution in [-0.2, 0) is 17.1 Å². The summed E-state index contributed by atoms with van der Waals surface area (Å²) in [5.41, 5.74) is 0. The van der Waals surface area contributed by atoms with Crippen molar-refractivity contribution in [1.29, 1.82) is 0 Å². The zero-order chi connectivity index (χ0) is 0. The maximum Gasteiger partial charge on any atom is 3.00 e. The van der Waals surface area contributed by atoms with Gasteiger partial charge in [0.2, 0.25) is 0 Å². The third-order valence-electron chi connectivity index (χ3n) is 0. The van der Waals surface area contributed by atoms with Crippen LogP contribution >= 0.6 is 0 Å². The Kier molecular flexibility index (Phi) is 3070. The molecule has 5 nitrogen and oxygen atoms in total. The second kappa shape index (κ2) is 120. The minimum atomic E-state index is 0. The van der Waals surface area contributed by atoms with Crippen molar-refractivity contribution < 1.29 is 86.2 Å². The van der Waals surface area contributed by atoms with Crippen LogP contribution in [0.1, 0.15) is 0 Å². The summed E-state index contributed by atoms with van der Waals surface area (Å²) >= 11 is 0. The van der Waals surface area contributed by atoms with E-state index in [4.69, 9.17) is 0 Å². The Balaban J connectivity index is 0. The minimum absolute atomic E-state index is 0. The van der Waals surface area contributed by atoms with Gasteiger partial charge in [-0.1, -0.05) is 0 Å². The van der Waals surface area contributed by atoms with Crippen LogP contribution in [0.5, 0.6) is 0 Å². The Morgan fingerprint density at radius 2 is 0.429 bits per heavy atom. The van der Waals surface area contributed by atoms with Gasteiger partial charge in [-0.15, -0.1) is 0 Å². The second-order valence-electron chi connectivity index (χ2n) is 0. The molecular formula is H5CeCuO5. The van der Waals surface area contributed by atoms with Gasteiger partial charge in [0.25, 0.3) is 0 Å². The minimum Gasteiger partial charge on any atom is -0.870 e. The SMILES string of the molecule is [Ce+3].[Cu+2].[OH-].[OH-].[OH-].[OH-].[OH-]. The van der Waals surface area contributed by atoms with Crippen molar-refractivity contribution in [3.05, 3.63) is 0 Å². The Labute approximate surface area is 85.3 Å². The van der Waals surface area contributed by atoms with E-state index in [1.54, 1.807) is 0 Å². The second-order valence-corrected chi connectivity index (χ2v) is 0. The van der Waals surface area contributed by atoms with E-state index in [1.807, 2.05) is 0 Å². The summed E-state index contributed by atoms with van der Waals surface area (Å²) < 4.78 is 0. The van der Waals surface area contributed by atoms with Crippen molar-refractivity contribution in [2.24, 2.45) is 0 Å². The molecule has 5 N–H and O–H groups in total. The smallest absolute Gasteiger partial charge is 0.870 e. The van der Waals surface area contributed by atoms with Crippen LogP contribution in [0.25, 0.3) is 0 Å². The molecule has 0 bridgehead atoms. The summed E-state index contributed by atoms with van der Waals surface area (Å²) in [5, 5.41) is 0. The average molecular weight is 289 g/mol. The van der Waals surface area contributed by atoms with Crippen LogP contribution in [0.2, 0.25) is 0 Å². The van der Waals surface area contributed by atoms with Crippen molar-refractivity contribution in [1.82, 2.24) is 0 Å². The molecule has 50 valence electrons. The molecule has 0 spiro atoms. The van der Waals surface area contributed by atoms with E-state index in [1.165, 1.54) is 0 Å². The van der Waals surface area contributed by atoms with E-state index in [0.717, 1.165) is 0 Å². The molecule has 0 aliphatic rings. The molecule has 0 aromatic rings. The maximum atomic E-state index is 0. The quantitative estimate of drug-likeness (QED) is 0.530. The molecule has 0 aliphatic heterocycles. The van der Waals surface area contributed by atoms with Crippen LogP contribution in [0.4, 0.5) is 0 Å². The number of rotatable bonds is 0. The van der Waals surface area contributed by atoms with Crippen molar-refractivity contribution in [3.8, 4) is 0 Å². The van der Waals surface area contributed by atoms with E-state index in [-0.39, 0.29) is 86.2 Å². The molecule has 0 aliphatic carbocycles. The van der Waals surface area contributed by atoms with E-state index in [9.17, 15) is 0 Å². The first-order valence-corrected chi connectivity index (χ1v) is 0. The van der Waals surface area contributed by atoms with E-state index >= 15 is 0 Å². The zero-order valence-corrected chi connectivity index (χ0v) is 7.12. The van der Waals surface area contributed by atoms with E-state index in [0.29, 0.717) is 0 Å².